The standard InChI is InChI=1S/C23H24ClF3N2O7S2/c1-37(33,34)28-10-20(30)23(32)12-5-13(23)7-15(6-12)38(35,36)19-4-11(2-3-16(19)24)22(31)29-14-8-17(25)21(27)18(26)9-14/h2-4,8-9,12-13,15,20,28,30,32H,5-7,10H2,1H3,(H,29,31). The molecule has 15 heteroatoms. The number of halogens is 4. The molecule has 0 heterocycles. The molecule has 3 unspecified atom stereocenters. The molecule has 4 N–H and O–H groups in total. The second kappa shape index (κ2) is 10.1. The van der Waals surface area contributed by atoms with Crippen molar-refractivity contribution in [2.45, 2.75) is 41.1 Å². The third kappa shape index (κ3) is 5.29. The van der Waals surface area contributed by atoms with Crippen LogP contribution in [0, 0.1) is 29.3 Å². The molecule has 3 saturated carbocycles. The van der Waals surface area contributed by atoms with E-state index in [4.69, 9.17) is 11.6 Å². The van der Waals surface area contributed by atoms with Crippen molar-refractivity contribution in [3.63, 3.8) is 0 Å². The Balaban J connectivity index is 1.52. The molecule has 0 aromatic heterocycles. The topological polar surface area (TPSA) is 150 Å². The first kappa shape index (κ1) is 28.8. The van der Waals surface area contributed by atoms with Crippen molar-refractivity contribution < 1.29 is 45.0 Å². The number of aliphatic hydroxyl groups excluding tert-OH is 1. The van der Waals surface area contributed by atoms with Crippen molar-refractivity contribution in [2.24, 2.45) is 11.8 Å². The number of benzene rings is 2. The van der Waals surface area contributed by atoms with Crippen LogP contribution in [0.4, 0.5) is 18.9 Å². The van der Waals surface area contributed by atoms with Gasteiger partial charge in [-0.25, -0.2) is 34.7 Å². The van der Waals surface area contributed by atoms with E-state index in [-0.39, 0.29) is 34.0 Å². The van der Waals surface area contributed by atoms with Crippen LogP contribution in [0.2, 0.25) is 5.02 Å². The highest BCUT2D eigenvalue weighted by atomic mass is 35.5. The van der Waals surface area contributed by atoms with Gasteiger partial charge in [0.15, 0.2) is 27.3 Å². The first-order valence-electron chi connectivity index (χ1n) is 11.4. The summed E-state index contributed by atoms with van der Waals surface area (Å²) < 4.78 is 91.9. The molecule has 0 saturated heterocycles. The SMILES string of the molecule is CS(=O)(=O)NCC(O)C1(O)C2CC1CC(S(=O)(=O)c1cc(C(=O)Nc3cc(F)c(F)c(F)c3)ccc1Cl)C2. The Kier molecular flexibility index (Phi) is 7.62. The van der Waals surface area contributed by atoms with Gasteiger partial charge in [0.2, 0.25) is 10.0 Å². The number of carbonyl (C=O) groups excluding carboxylic acids is 1. The Labute approximate surface area is 222 Å². The number of aliphatic hydroxyl groups is 2. The lowest BCUT2D eigenvalue weighted by atomic mass is 9.52. The Morgan fingerprint density at radius 3 is 2.21 bits per heavy atom. The normalized spacial score (nSPS) is 25.9. The van der Waals surface area contributed by atoms with E-state index in [9.17, 15) is 45.0 Å². The van der Waals surface area contributed by atoms with E-state index in [1.807, 2.05) is 0 Å². The van der Waals surface area contributed by atoms with Crippen LogP contribution in [0.5, 0.6) is 0 Å². The van der Waals surface area contributed by atoms with Crippen molar-refractivity contribution in [1.29, 1.82) is 0 Å². The molecule has 3 aliphatic rings. The third-order valence-electron chi connectivity index (χ3n) is 7.22. The van der Waals surface area contributed by atoms with Crippen LogP contribution in [-0.4, -0.2) is 62.7 Å². The molecule has 3 atom stereocenters. The van der Waals surface area contributed by atoms with Crippen molar-refractivity contribution in [2.75, 3.05) is 18.1 Å². The molecule has 2 bridgehead atoms. The van der Waals surface area contributed by atoms with Gasteiger partial charge < -0.3 is 15.5 Å². The second-order valence-electron chi connectivity index (χ2n) is 9.64. The summed E-state index contributed by atoms with van der Waals surface area (Å²) in [6.45, 7) is -0.426. The first-order valence-corrected chi connectivity index (χ1v) is 15.2. The van der Waals surface area contributed by atoms with Gasteiger partial charge >= 0.3 is 0 Å². The number of amides is 1. The van der Waals surface area contributed by atoms with E-state index in [1.54, 1.807) is 0 Å². The van der Waals surface area contributed by atoms with Crippen LogP contribution >= 0.6 is 11.6 Å². The summed E-state index contributed by atoms with van der Waals surface area (Å²) in [5.74, 6) is -6.91. The van der Waals surface area contributed by atoms with Crippen LogP contribution in [0.25, 0.3) is 0 Å². The van der Waals surface area contributed by atoms with Crippen molar-refractivity contribution in [3.05, 3.63) is 58.4 Å². The minimum absolute atomic E-state index is 0.0356. The fourth-order valence-electron chi connectivity index (χ4n) is 5.26. The summed E-state index contributed by atoms with van der Waals surface area (Å²) in [5, 5.41) is 22.5. The van der Waals surface area contributed by atoms with Crippen LogP contribution in [0.1, 0.15) is 29.6 Å². The number of sulfone groups is 1. The molecule has 9 nitrogen and oxygen atoms in total. The molecule has 3 aliphatic carbocycles. The molecule has 0 aliphatic heterocycles. The van der Waals surface area contributed by atoms with E-state index in [0.717, 1.165) is 12.3 Å². The van der Waals surface area contributed by atoms with Crippen molar-refractivity contribution in [1.82, 2.24) is 4.72 Å². The van der Waals surface area contributed by atoms with Crippen molar-refractivity contribution in [3.8, 4) is 0 Å². The first-order chi connectivity index (χ1) is 17.5. The minimum atomic E-state index is -4.14. The molecule has 0 radical (unpaired) electrons. The summed E-state index contributed by atoms with van der Waals surface area (Å²) in [5.41, 5.74) is -2.24. The summed E-state index contributed by atoms with van der Waals surface area (Å²) in [7, 11) is -7.76. The second-order valence-corrected chi connectivity index (χ2v) is 14.1. The van der Waals surface area contributed by atoms with Crippen LogP contribution in [0.15, 0.2) is 35.2 Å². The highest BCUT2D eigenvalue weighted by molar-refractivity contribution is 7.92. The molecule has 0 spiro atoms. The quantitative estimate of drug-likeness (QED) is 0.341. The number of fused-ring (bicyclic) bond motifs is 2. The van der Waals surface area contributed by atoms with Gasteiger partial charge in [0.1, 0.15) is 0 Å². The summed E-state index contributed by atoms with van der Waals surface area (Å²) in [4.78, 5) is 12.3. The monoisotopic (exact) mass is 596 g/mol. The number of sulfonamides is 1. The lowest BCUT2D eigenvalue weighted by Gasteiger charge is -2.60. The molecule has 38 heavy (non-hydrogen) atoms. The van der Waals surface area contributed by atoms with Gasteiger partial charge in [-0.1, -0.05) is 11.6 Å². The zero-order valence-corrected chi connectivity index (χ0v) is 22.2. The number of hydrogen-bond acceptors (Lipinski definition) is 7. The van der Waals surface area contributed by atoms with Crippen molar-refractivity contribution >= 4 is 43.1 Å². The van der Waals surface area contributed by atoms with Gasteiger partial charge in [-0.15, -0.1) is 0 Å². The van der Waals surface area contributed by atoms with Gasteiger partial charge in [-0.05, 0) is 49.3 Å². The highest BCUT2D eigenvalue weighted by Crippen LogP contribution is 2.57. The third-order valence-corrected chi connectivity index (χ3v) is 10.6. The van der Waals surface area contributed by atoms with E-state index in [2.05, 4.69) is 10.0 Å². The Hall–Kier alpha value is -2.23. The van der Waals surface area contributed by atoms with E-state index < -0.39 is 78.6 Å². The van der Waals surface area contributed by atoms with E-state index in [0.29, 0.717) is 18.6 Å². The molecule has 3 fully saturated rings. The number of carbonyl (C=O) groups is 1. The van der Waals surface area contributed by atoms with E-state index >= 15 is 0 Å². The van der Waals surface area contributed by atoms with Gasteiger partial charge in [0.25, 0.3) is 5.91 Å². The number of nitrogens with one attached hydrogen (secondary N) is 2. The average Bonchev–Trinajstić information content (AvgIpc) is 2.84. The Bertz CT molecular complexity index is 1470. The predicted molar refractivity (Wildman–Crippen MR) is 131 cm³/mol. The summed E-state index contributed by atoms with van der Waals surface area (Å²) >= 11 is 6.16. The molecular weight excluding hydrogens is 573 g/mol. The molecular formula is C23H24ClF3N2O7S2. The smallest absolute Gasteiger partial charge is 0.255 e. The fourth-order valence-corrected chi connectivity index (χ4v) is 8.12. The maximum atomic E-state index is 13.5. The fraction of sp³-hybridized carbons (Fsp3) is 0.435. The maximum Gasteiger partial charge on any atom is 0.255 e. The molecule has 5 rings (SSSR count). The lowest BCUT2D eigenvalue weighted by Crippen LogP contribution is -2.69. The number of anilines is 1. The minimum Gasteiger partial charge on any atom is -0.389 e. The maximum absolute atomic E-state index is 13.5. The average molecular weight is 597 g/mol. The number of rotatable bonds is 8. The van der Waals surface area contributed by atoms with Gasteiger partial charge in [0, 0.05) is 29.9 Å². The number of hydrogen-bond donors (Lipinski definition) is 4. The summed E-state index contributed by atoms with van der Waals surface area (Å²) in [6.07, 6.45) is -0.165. The molecule has 2 aromatic rings. The molecule has 2 aromatic carbocycles. The zero-order valence-electron chi connectivity index (χ0n) is 19.8. The highest BCUT2D eigenvalue weighted by Gasteiger charge is 2.63. The van der Waals surface area contributed by atoms with Crippen LogP contribution in [-0.2, 0) is 19.9 Å². The van der Waals surface area contributed by atoms with Crippen LogP contribution < -0.4 is 10.0 Å². The van der Waals surface area contributed by atoms with E-state index in [1.165, 1.54) is 12.1 Å². The van der Waals surface area contributed by atoms with Gasteiger partial charge in [-0.3, -0.25) is 4.79 Å². The molecule has 208 valence electrons. The Morgan fingerprint density at radius 1 is 1.08 bits per heavy atom. The lowest BCUT2D eigenvalue weighted by molar-refractivity contribution is -0.228. The zero-order chi connectivity index (χ0) is 28.2. The predicted octanol–water partition coefficient (Wildman–Crippen LogP) is 2.22. The molecule has 1 amide bonds. The largest absolute Gasteiger partial charge is 0.389 e. The van der Waals surface area contributed by atoms with Gasteiger partial charge in [-0.2, -0.15) is 0 Å². The van der Waals surface area contributed by atoms with Crippen LogP contribution in [0.3, 0.4) is 0 Å². The summed E-state index contributed by atoms with van der Waals surface area (Å²) in [6, 6.07) is 4.53. The van der Waals surface area contributed by atoms with Gasteiger partial charge in [0.05, 0.1) is 33.1 Å². The Morgan fingerprint density at radius 2 is 1.66 bits per heavy atom.